The van der Waals surface area contributed by atoms with Crippen molar-refractivity contribution in [3.63, 3.8) is 0 Å². The van der Waals surface area contributed by atoms with Gasteiger partial charge in [-0.05, 0) is 61.9 Å². The number of ether oxygens (including phenoxy) is 2. The molecule has 7 heteroatoms. The number of hydrogen-bond acceptors (Lipinski definition) is 5. The third-order valence-electron chi connectivity index (χ3n) is 5.54. The molecule has 4 rings (SSSR count). The van der Waals surface area contributed by atoms with Gasteiger partial charge in [0.05, 0.1) is 17.9 Å². The fourth-order valence-corrected chi connectivity index (χ4v) is 5.37. The molecular weight excluding hydrogens is 436 g/mol. The van der Waals surface area contributed by atoms with Gasteiger partial charge < -0.3 is 20.1 Å². The molecule has 172 valence electrons. The van der Waals surface area contributed by atoms with Crippen LogP contribution in [-0.4, -0.2) is 25.0 Å². The van der Waals surface area contributed by atoms with Crippen LogP contribution < -0.4 is 20.1 Å². The van der Waals surface area contributed by atoms with Crippen molar-refractivity contribution in [1.82, 2.24) is 0 Å². The number of rotatable bonds is 8. The lowest BCUT2D eigenvalue weighted by atomic mass is 9.88. The van der Waals surface area contributed by atoms with Gasteiger partial charge >= 0.3 is 0 Å². The van der Waals surface area contributed by atoms with Crippen molar-refractivity contribution in [2.24, 2.45) is 5.92 Å². The van der Waals surface area contributed by atoms with E-state index in [2.05, 4.69) is 17.6 Å². The van der Waals surface area contributed by atoms with Crippen molar-refractivity contribution in [2.75, 3.05) is 23.8 Å². The van der Waals surface area contributed by atoms with Crippen molar-refractivity contribution in [2.45, 2.75) is 33.1 Å². The fourth-order valence-electron chi connectivity index (χ4n) is 3.94. The van der Waals surface area contributed by atoms with Crippen LogP contribution in [0.15, 0.2) is 54.6 Å². The third kappa shape index (κ3) is 5.54. The van der Waals surface area contributed by atoms with Crippen LogP contribution in [0.5, 0.6) is 11.5 Å². The summed E-state index contributed by atoms with van der Waals surface area (Å²) in [5.41, 5.74) is 2.18. The van der Waals surface area contributed by atoms with Gasteiger partial charge in [0, 0.05) is 4.88 Å². The fraction of sp³-hybridized carbons (Fsp3) is 0.308. The Morgan fingerprint density at radius 1 is 1.03 bits per heavy atom. The zero-order valence-corrected chi connectivity index (χ0v) is 19.7. The smallest absolute Gasteiger partial charge is 0.262 e. The lowest BCUT2D eigenvalue weighted by Crippen LogP contribution is -2.22. The molecule has 1 aromatic heterocycles. The molecule has 0 spiro atoms. The highest BCUT2D eigenvalue weighted by Gasteiger charge is 2.29. The summed E-state index contributed by atoms with van der Waals surface area (Å²) in [6.45, 7) is 4.49. The predicted octanol–water partition coefficient (Wildman–Crippen LogP) is 5.54. The number of benzene rings is 2. The highest BCUT2D eigenvalue weighted by atomic mass is 32.1. The Kier molecular flexibility index (Phi) is 7.29. The number of hydrogen-bond donors (Lipinski definition) is 2. The average molecular weight is 465 g/mol. The average Bonchev–Trinajstić information content (AvgIpc) is 3.16. The first-order valence-corrected chi connectivity index (χ1v) is 12.0. The van der Waals surface area contributed by atoms with Gasteiger partial charge in [-0.1, -0.05) is 37.3 Å². The van der Waals surface area contributed by atoms with Gasteiger partial charge in [-0.2, -0.15) is 0 Å². The van der Waals surface area contributed by atoms with E-state index in [1.54, 1.807) is 12.1 Å². The molecule has 0 bridgehead atoms. The number of anilines is 2. The van der Waals surface area contributed by atoms with Crippen molar-refractivity contribution in [1.29, 1.82) is 0 Å². The molecule has 0 saturated carbocycles. The molecule has 1 unspecified atom stereocenters. The predicted molar refractivity (Wildman–Crippen MR) is 132 cm³/mol. The second-order valence-corrected chi connectivity index (χ2v) is 9.19. The molecule has 0 radical (unpaired) electrons. The third-order valence-corrected chi connectivity index (χ3v) is 6.71. The SMILES string of the molecule is CCOc1ccccc1NC(=O)c1c(NC(=O)COc2ccccc2)sc2c1CCC(C)C2. The van der Waals surface area contributed by atoms with Gasteiger partial charge in [-0.3, -0.25) is 9.59 Å². The molecule has 2 aromatic carbocycles. The maximum atomic E-state index is 13.4. The van der Waals surface area contributed by atoms with E-state index in [0.29, 0.717) is 40.3 Å². The summed E-state index contributed by atoms with van der Waals surface area (Å²) in [6.07, 6.45) is 2.75. The molecule has 3 aromatic rings. The summed E-state index contributed by atoms with van der Waals surface area (Å²) in [5, 5.41) is 6.48. The normalized spacial score (nSPS) is 14.8. The Morgan fingerprint density at radius 3 is 2.58 bits per heavy atom. The molecular formula is C26H28N2O4S. The standard InChI is InChI=1S/C26H28N2O4S/c1-3-31-21-12-8-7-11-20(21)27-25(30)24-19-14-13-17(2)15-22(19)33-26(24)28-23(29)16-32-18-9-5-4-6-10-18/h4-12,17H,3,13-16H2,1-2H3,(H,27,30)(H,28,29). The van der Waals surface area contributed by atoms with Gasteiger partial charge in [0.1, 0.15) is 16.5 Å². The Hall–Kier alpha value is -3.32. The number of amides is 2. The first kappa shape index (κ1) is 22.9. The van der Waals surface area contributed by atoms with Crippen LogP contribution in [0.25, 0.3) is 0 Å². The number of para-hydroxylation sites is 3. The highest BCUT2D eigenvalue weighted by Crippen LogP contribution is 2.40. The Bertz CT molecular complexity index is 1130. The second kappa shape index (κ2) is 10.5. The van der Waals surface area contributed by atoms with E-state index in [-0.39, 0.29) is 18.4 Å². The van der Waals surface area contributed by atoms with Gasteiger partial charge in [0.15, 0.2) is 6.61 Å². The first-order chi connectivity index (χ1) is 16.0. The molecule has 0 fully saturated rings. The van der Waals surface area contributed by atoms with Crippen molar-refractivity contribution in [3.8, 4) is 11.5 Å². The summed E-state index contributed by atoms with van der Waals surface area (Å²) < 4.78 is 11.2. The van der Waals surface area contributed by atoms with E-state index in [1.807, 2.05) is 49.4 Å². The molecule has 6 nitrogen and oxygen atoms in total. The minimum absolute atomic E-state index is 0.128. The molecule has 2 N–H and O–H groups in total. The molecule has 33 heavy (non-hydrogen) atoms. The number of nitrogens with one attached hydrogen (secondary N) is 2. The van der Waals surface area contributed by atoms with Crippen LogP contribution in [-0.2, 0) is 17.6 Å². The van der Waals surface area contributed by atoms with Crippen molar-refractivity contribution >= 4 is 33.8 Å². The summed E-state index contributed by atoms with van der Waals surface area (Å²) >= 11 is 1.49. The van der Waals surface area contributed by atoms with Gasteiger partial charge in [0.25, 0.3) is 11.8 Å². The number of thiophene rings is 1. The van der Waals surface area contributed by atoms with Crippen LogP contribution >= 0.6 is 11.3 Å². The van der Waals surface area contributed by atoms with Crippen LogP contribution in [0, 0.1) is 5.92 Å². The zero-order valence-electron chi connectivity index (χ0n) is 18.9. The summed E-state index contributed by atoms with van der Waals surface area (Å²) in [6, 6.07) is 16.6. The number of carbonyl (C=O) groups is 2. The molecule has 0 aliphatic heterocycles. The Balaban J connectivity index is 1.56. The van der Waals surface area contributed by atoms with E-state index in [4.69, 9.17) is 9.47 Å². The lowest BCUT2D eigenvalue weighted by Gasteiger charge is -2.19. The van der Waals surface area contributed by atoms with E-state index in [1.165, 1.54) is 11.3 Å². The quantitative estimate of drug-likeness (QED) is 0.459. The largest absolute Gasteiger partial charge is 0.492 e. The summed E-state index contributed by atoms with van der Waals surface area (Å²) in [4.78, 5) is 27.2. The van der Waals surface area contributed by atoms with Crippen LogP contribution in [0.4, 0.5) is 10.7 Å². The van der Waals surface area contributed by atoms with E-state index >= 15 is 0 Å². The molecule has 1 aliphatic carbocycles. The minimum atomic E-state index is -0.297. The number of fused-ring (bicyclic) bond motifs is 1. The molecule has 1 atom stereocenters. The summed E-state index contributed by atoms with van der Waals surface area (Å²) in [5.74, 6) is 1.25. The van der Waals surface area contributed by atoms with Gasteiger partial charge in [-0.25, -0.2) is 0 Å². The monoisotopic (exact) mass is 464 g/mol. The summed E-state index contributed by atoms with van der Waals surface area (Å²) in [7, 11) is 0. The van der Waals surface area contributed by atoms with Crippen molar-refractivity contribution in [3.05, 3.63) is 70.6 Å². The first-order valence-electron chi connectivity index (χ1n) is 11.2. The Labute approximate surface area is 197 Å². The molecule has 1 aliphatic rings. The maximum absolute atomic E-state index is 13.4. The van der Waals surface area contributed by atoms with E-state index < -0.39 is 0 Å². The molecule has 1 heterocycles. The van der Waals surface area contributed by atoms with Crippen LogP contribution in [0.1, 0.15) is 41.1 Å². The van der Waals surface area contributed by atoms with Gasteiger partial charge in [-0.15, -0.1) is 11.3 Å². The van der Waals surface area contributed by atoms with Crippen LogP contribution in [0.3, 0.4) is 0 Å². The Morgan fingerprint density at radius 2 is 1.79 bits per heavy atom. The van der Waals surface area contributed by atoms with Crippen molar-refractivity contribution < 1.29 is 19.1 Å². The molecule has 0 saturated heterocycles. The topological polar surface area (TPSA) is 76.7 Å². The zero-order chi connectivity index (χ0) is 23.2. The van der Waals surface area contributed by atoms with E-state index in [9.17, 15) is 9.59 Å². The maximum Gasteiger partial charge on any atom is 0.262 e. The second-order valence-electron chi connectivity index (χ2n) is 8.09. The molecule has 2 amide bonds. The van der Waals surface area contributed by atoms with Crippen LogP contribution in [0.2, 0.25) is 0 Å². The highest BCUT2D eigenvalue weighted by molar-refractivity contribution is 7.17. The number of carbonyl (C=O) groups excluding carboxylic acids is 2. The van der Waals surface area contributed by atoms with Gasteiger partial charge in [0.2, 0.25) is 0 Å². The lowest BCUT2D eigenvalue weighted by molar-refractivity contribution is -0.118. The minimum Gasteiger partial charge on any atom is -0.492 e. The van der Waals surface area contributed by atoms with E-state index in [0.717, 1.165) is 29.7 Å².